The molecule has 17 heteroatoms. The van der Waals surface area contributed by atoms with E-state index >= 15 is 4.39 Å². The van der Waals surface area contributed by atoms with Crippen molar-refractivity contribution in [3.05, 3.63) is 119 Å². The maximum Gasteiger partial charge on any atom is 0.414 e. The molecule has 346 valence electrons. The lowest BCUT2D eigenvalue weighted by Gasteiger charge is -2.36. The van der Waals surface area contributed by atoms with Crippen LogP contribution in [0.15, 0.2) is 91.0 Å². The Morgan fingerprint density at radius 1 is 0.864 bits per heavy atom. The van der Waals surface area contributed by atoms with Gasteiger partial charge < -0.3 is 29.9 Å². The second-order valence-electron chi connectivity index (χ2n) is 16.5. The third-order valence-electron chi connectivity index (χ3n) is 12.1. The van der Waals surface area contributed by atoms with Gasteiger partial charge in [-0.15, -0.1) is 0 Å². The first-order valence-electron chi connectivity index (χ1n) is 22.2. The molecule has 0 aromatic heterocycles. The molecule has 0 unspecified atom stereocenters. The fraction of sp³-hybridized carbons (Fsp3) is 0.367. The van der Waals surface area contributed by atoms with E-state index in [1.807, 2.05) is 60.4 Å². The number of hydrogen-bond acceptors (Lipinski definition) is 12. The normalized spacial score (nSPS) is 16.5. The van der Waals surface area contributed by atoms with Crippen LogP contribution in [-0.4, -0.2) is 109 Å². The number of benzene rings is 4. The van der Waals surface area contributed by atoms with Gasteiger partial charge in [-0.25, -0.2) is 19.4 Å². The average molecular weight is 920 g/mol. The summed E-state index contributed by atoms with van der Waals surface area (Å²) in [5, 5.41) is 5.63. The van der Waals surface area contributed by atoms with Crippen LogP contribution < -0.4 is 31.3 Å². The van der Waals surface area contributed by atoms with Crippen LogP contribution in [0, 0.1) is 5.82 Å². The Hall–Kier alpha value is -6.56. The van der Waals surface area contributed by atoms with E-state index in [-0.39, 0.29) is 43.6 Å². The van der Waals surface area contributed by atoms with Crippen molar-refractivity contribution >= 4 is 64.0 Å². The molecule has 0 spiro atoms. The molecule has 0 bridgehead atoms. The Labute approximate surface area is 388 Å². The number of nitrogens with one attached hydrogen (secondary N) is 4. The first kappa shape index (κ1) is 47.4. The molecule has 1 aliphatic carbocycles. The number of rotatable bonds is 19. The highest BCUT2D eigenvalue weighted by Gasteiger charge is 2.34. The second-order valence-corrected chi connectivity index (χ2v) is 17.0. The second kappa shape index (κ2) is 21.6. The Balaban J connectivity index is 0.780. The zero-order valence-electron chi connectivity index (χ0n) is 37.1. The van der Waals surface area contributed by atoms with Gasteiger partial charge in [0, 0.05) is 57.0 Å². The van der Waals surface area contributed by atoms with Gasteiger partial charge in [-0.1, -0.05) is 91.9 Å². The summed E-state index contributed by atoms with van der Waals surface area (Å²) in [6.07, 6.45) is -0.199. The van der Waals surface area contributed by atoms with E-state index in [0.717, 1.165) is 27.8 Å². The molecule has 3 atom stereocenters. The maximum atomic E-state index is 15.4. The van der Waals surface area contributed by atoms with E-state index in [4.69, 9.17) is 21.7 Å². The van der Waals surface area contributed by atoms with Gasteiger partial charge in [0.15, 0.2) is 5.78 Å². The first-order valence-corrected chi connectivity index (χ1v) is 22.6. The molecule has 2 aliphatic heterocycles. The predicted octanol–water partition coefficient (Wildman–Crippen LogP) is 5.20. The van der Waals surface area contributed by atoms with Crippen molar-refractivity contribution in [2.24, 2.45) is 0 Å². The van der Waals surface area contributed by atoms with E-state index in [1.165, 1.54) is 17.9 Å². The van der Waals surface area contributed by atoms with Crippen LogP contribution in [0.2, 0.25) is 0 Å². The lowest BCUT2D eigenvalue weighted by molar-refractivity contribution is -0.155. The van der Waals surface area contributed by atoms with E-state index in [0.29, 0.717) is 67.6 Å². The summed E-state index contributed by atoms with van der Waals surface area (Å²) in [6, 6.07) is 25.4. The zero-order valence-corrected chi connectivity index (χ0v) is 38.0. The molecule has 4 aromatic carbocycles. The Morgan fingerprint density at radius 2 is 1.53 bits per heavy atom. The molecule has 3 amide bonds. The third-order valence-corrected chi connectivity index (χ3v) is 12.5. The van der Waals surface area contributed by atoms with Crippen LogP contribution >= 0.6 is 12.2 Å². The summed E-state index contributed by atoms with van der Waals surface area (Å²) in [4.78, 5) is 82.7. The minimum absolute atomic E-state index is 0.00350. The fourth-order valence-corrected chi connectivity index (χ4v) is 8.34. The van der Waals surface area contributed by atoms with Crippen LogP contribution in [0.1, 0.15) is 73.0 Å². The molecule has 66 heavy (non-hydrogen) atoms. The molecule has 7 rings (SSSR count). The zero-order chi connectivity index (χ0) is 46.9. The summed E-state index contributed by atoms with van der Waals surface area (Å²) >= 11 is 5.18. The number of fused-ring (bicyclic) bond motifs is 3. The monoisotopic (exact) mass is 919 g/mol. The van der Waals surface area contributed by atoms with Gasteiger partial charge in [0.1, 0.15) is 18.5 Å². The number of nitrogens with zero attached hydrogens (tertiary/aromatic N) is 3. The summed E-state index contributed by atoms with van der Waals surface area (Å²) in [5.41, 5.74) is 12.1. The number of Topliss-reactive ketones (excluding diaryl/α,β-unsaturated/α-hetero) is 2. The van der Waals surface area contributed by atoms with Crippen molar-refractivity contribution in [2.75, 3.05) is 55.7 Å². The Morgan fingerprint density at radius 3 is 2.18 bits per heavy atom. The third kappa shape index (κ3) is 11.3. The van der Waals surface area contributed by atoms with Gasteiger partial charge in [0.25, 0.3) is 5.78 Å². The lowest BCUT2D eigenvalue weighted by atomic mass is 9.98. The number of carbonyl (C=O) groups excluding carboxylic acids is 6. The molecule has 2 heterocycles. The summed E-state index contributed by atoms with van der Waals surface area (Å²) in [7, 11) is 0. The standard InChI is InChI=1S/C49H54FN7O8S/c1-4-44(66)51-27-35-28-57(49(63)65-35)34-17-18-42(41(50)25-34)55-21-23-56(24-22-55)45(59)20-19-43(58)33-15-13-32(14-16-33)26-52-54-31(3)47(61)53-30(2)46(60)48(62)64-29-40-38-11-7-5-9-36(38)37-10-6-8-12-39(37)40/h5-18,25,30-31,35,40,52,54H,4,19-24,26-29H2,1-3H3,(H,51,66)(H,53,61)/t30-,31-,35-/m0/s1. The van der Waals surface area contributed by atoms with Gasteiger partial charge in [-0.3, -0.25) is 29.5 Å². The molecule has 15 nitrogen and oxygen atoms in total. The number of ketones is 2. The summed E-state index contributed by atoms with van der Waals surface area (Å²) in [6.45, 7) is 7.48. The highest BCUT2D eigenvalue weighted by molar-refractivity contribution is 7.80. The minimum atomic E-state index is -1.11. The van der Waals surface area contributed by atoms with E-state index < -0.39 is 47.8 Å². The molecular formula is C49H54FN7O8S. The van der Waals surface area contributed by atoms with Gasteiger partial charge in [-0.2, -0.15) is 0 Å². The molecule has 0 saturated carbocycles. The number of hydrazine groups is 1. The summed E-state index contributed by atoms with van der Waals surface area (Å²) < 4.78 is 26.2. The van der Waals surface area contributed by atoms with Crippen molar-refractivity contribution in [1.29, 1.82) is 0 Å². The number of esters is 1. The number of thiocarbonyl (C=S) groups is 1. The number of carbonyl (C=O) groups is 6. The van der Waals surface area contributed by atoms with Crippen LogP contribution in [0.5, 0.6) is 0 Å². The Bertz CT molecular complexity index is 2430. The highest BCUT2D eigenvalue weighted by Crippen LogP contribution is 2.44. The maximum absolute atomic E-state index is 15.4. The van der Waals surface area contributed by atoms with Gasteiger partial charge in [-0.05, 0) is 66.3 Å². The van der Waals surface area contributed by atoms with Crippen LogP contribution in [0.4, 0.5) is 20.6 Å². The lowest BCUT2D eigenvalue weighted by Crippen LogP contribution is -2.52. The van der Waals surface area contributed by atoms with Crippen molar-refractivity contribution in [3.63, 3.8) is 0 Å². The van der Waals surface area contributed by atoms with Gasteiger partial charge in [0.05, 0.1) is 41.5 Å². The van der Waals surface area contributed by atoms with Crippen molar-refractivity contribution in [1.82, 2.24) is 26.4 Å². The predicted molar refractivity (Wildman–Crippen MR) is 250 cm³/mol. The molecule has 3 aliphatic rings. The number of ether oxygens (including phenoxy) is 2. The molecule has 4 N–H and O–H groups in total. The van der Waals surface area contributed by atoms with E-state index in [9.17, 15) is 28.8 Å². The van der Waals surface area contributed by atoms with Crippen LogP contribution in [0.25, 0.3) is 11.1 Å². The SMILES string of the molecule is CCC(=S)NC[C@H]1CN(c2ccc(N3CCN(C(=O)CCC(=O)c4ccc(CNN[C@@H](C)C(=O)N[C@@H](C)C(=O)C(=O)OCC5c6ccccc6-c6ccccc65)cc4)CC3)c(F)c2)C(=O)O1. The topological polar surface area (TPSA) is 179 Å². The molecule has 4 aromatic rings. The van der Waals surface area contributed by atoms with Crippen molar-refractivity contribution in [3.8, 4) is 11.1 Å². The quantitative estimate of drug-likeness (QED) is 0.0318. The molecule has 2 fully saturated rings. The number of halogens is 1. The number of hydrogen-bond donors (Lipinski definition) is 4. The number of anilines is 2. The van der Waals surface area contributed by atoms with Gasteiger partial charge in [0.2, 0.25) is 11.8 Å². The number of piperazine rings is 1. The fourth-order valence-electron chi connectivity index (χ4n) is 8.26. The molecule has 2 saturated heterocycles. The minimum Gasteiger partial charge on any atom is -0.459 e. The van der Waals surface area contributed by atoms with Crippen LogP contribution in [-0.2, 0) is 35.2 Å². The van der Waals surface area contributed by atoms with E-state index in [1.54, 1.807) is 48.2 Å². The summed E-state index contributed by atoms with van der Waals surface area (Å²) in [5.74, 6) is -3.39. The van der Waals surface area contributed by atoms with Gasteiger partial charge >= 0.3 is 12.1 Å². The van der Waals surface area contributed by atoms with Crippen molar-refractivity contribution < 1.29 is 42.6 Å². The van der Waals surface area contributed by atoms with E-state index in [2.05, 4.69) is 21.5 Å². The smallest absolute Gasteiger partial charge is 0.414 e. The highest BCUT2D eigenvalue weighted by atomic mass is 32.1. The van der Waals surface area contributed by atoms with Crippen LogP contribution in [0.3, 0.4) is 0 Å². The number of cyclic esters (lactones) is 1. The Kier molecular flexibility index (Phi) is 15.5. The average Bonchev–Trinajstić information content (AvgIpc) is 3.87. The first-order chi connectivity index (χ1) is 31.8. The van der Waals surface area contributed by atoms with Crippen molar-refractivity contribution in [2.45, 2.75) is 70.7 Å². The number of amides is 3. The molecular weight excluding hydrogens is 866 g/mol. The molecule has 0 radical (unpaired) electrons. The largest absolute Gasteiger partial charge is 0.459 e.